The van der Waals surface area contributed by atoms with E-state index in [0.717, 1.165) is 12.8 Å². The first-order valence-corrected chi connectivity index (χ1v) is 6.23. The third-order valence-electron chi connectivity index (χ3n) is 3.01. The molecule has 1 aliphatic heterocycles. The first kappa shape index (κ1) is 12.5. The molecule has 0 aromatic heterocycles. The maximum Gasteiger partial charge on any atom is 0.293 e. The highest BCUT2D eigenvalue weighted by atomic mass is 16.5. The van der Waals surface area contributed by atoms with Gasteiger partial charge in [-0.3, -0.25) is 4.79 Å². The summed E-state index contributed by atoms with van der Waals surface area (Å²) >= 11 is 0. The van der Waals surface area contributed by atoms with E-state index in [1.807, 2.05) is 0 Å². The standard InChI is InChI=1S/C7H12O2.C5H11N/c8-6-9-7-4-2-1-3-5-7;1-2-4-6-5-3-1/h6-7H,1-5H2;6H,1-5H2. The van der Waals surface area contributed by atoms with Gasteiger partial charge in [0.05, 0.1) is 0 Å². The van der Waals surface area contributed by atoms with Gasteiger partial charge < -0.3 is 10.1 Å². The zero-order chi connectivity index (χ0) is 10.8. The smallest absolute Gasteiger partial charge is 0.293 e. The Morgan fingerprint density at radius 2 is 1.53 bits per heavy atom. The summed E-state index contributed by atoms with van der Waals surface area (Å²) in [5, 5.41) is 3.28. The second-order valence-corrected chi connectivity index (χ2v) is 4.30. The van der Waals surface area contributed by atoms with E-state index >= 15 is 0 Å². The van der Waals surface area contributed by atoms with Crippen molar-refractivity contribution in [2.75, 3.05) is 13.1 Å². The number of carbonyl (C=O) groups excluding carboxylic acids is 1. The van der Waals surface area contributed by atoms with Crippen molar-refractivity contribution >= 4 is 6.47 Å². The van der Waals surface area contributed by atoms with Gasteiger partial charge in [-0.15, -0.1) is 0 Å². The van der Waals surface area contributed by atoms with Gasteiger partial charge in [-0.1, -0.05) is 12.8 Å². The van der Waals surface area contributed by atoms with Crippen LogP contribution in [0.15, 0.2) is 0 Å². The first-order valence-electron chi connectivity index (χ1n) is 6.23. The minimum absolute atomic E-state index is 0.233. The molecule has 2 aliphatic rings. The molecule has 2 fully saturated rings. The van der Waals surface area contributed by atoms with Crippen molar-refractivity contribution in [2.24, 2.45) is 0 Å². The van der Waals surface area contributed by atoms with Gasteiger partial charge in [0.1, 0.15) is 6.10 Å². The van der Waals surface area contributed by atoms with Crippen molar-refractivity contribution in [3.8, 4) is 0 Å². The summed E-state index contributed by atoms with van der Waals surface area (Å²) in [6.45, 7) is 3.07. The predicted octanol–water partition coefficient (Wildman–Crippen LogP) is 2.25. The maximum atomic E-state index is 9.85. The van der Waals surface area contributed by atoms with Crippen LogP contribution >= 0.6 is 0 Å². The average Bonchev–Trinajstić information content (AvgIpc) is 2.34. The van der Waals surface area contributed by atoms with E-state index < -0.39 is 0 Å². The molecule has 0 bridgehead atoms. The maximum absolute atomic E-state index is 9.85. The number of rotatable bonds is 2. The fourth-order valence-electron chi connectivity index (χ4n) is 2.08. The second kappa shape index (κ2) is 8.72. The highest BCUT2D eigenvalue weighted by Gasteiger charge is 2.12. The Hall–Kier alpha value is -0.570. The van der Waals surface area contributed by atoms with Gasteiger partial charge >= 0.3 is 0 Å². The monoisotopic (exact) mass is 213 g/mol. The van der Waals surface area contributed by atoms with Crippen LogP contribution < -0.4 is 5.32 Å². The van der Waals surface area contributed by atoms with Crippen LogP contribution in [0.25, 0.3) is 0 Å². The lowest BCUT2D eigenvalue weighted by Gasteiger charge is -2.18. The van der Waals surface area contributed by atoms with Gasteiger partial charge in [-0.05, 0) is 51.6 Å². The van der Waals surface area contributed by atoms with Gasteiger partial charge in [0.25, 0.3) is 6.47 Å². The molecule has 2 rings (SSSR count). The van der Waals surface area contributed by atoms with Crippen molar-refractivity contribution in [3.63, 3.8) is 0 Å². The molecule has 0 atom stereocenters. The molecule has 88 valence electrons. The summed E-state index contributed by atoms with van der Waals surface area (Å²) in [6, 6.07) is 0. The molecule has 1 heterocycles. The van der Waals surface area contributed by atoms with Crippen molar-refractivity contribution in [2.45, 2.75) is 57.5 Å². The van der Waals surface area contributed by atoms with E-state index in [-0.39, 0.29) is 6.10 Å². The Morgan fingerprint density at radius 3 is 1.93 bits per heavy atom. The van der Waals surface area contributed by atoms with Crippen LogP contribution in [-0.4, -0.2) is 25.7 Å². The van der Waals surface area contributed by atoms with E-state index in [9.17, 15) is 4.79 Å². The normalized spacial score (nSPS) is 22.4. The molecule has 1 saturated carbocycles. The van der Waals surface area contributed by atoms with Gasteiger partial charge in [-0.2, -0.15) is 0 Å². The van der Waals surface area contributed by atoms with E-state index in [1.165, 1.54) is 51.6 Å². The number of carbonyl (C=O) groups is 1. The van der Waals surface area contributed by atoms with Crippen molar-refractivity contribution < 1.29 is 9.53 Å². The number of piperidine rings is 1. The van der Waals surface area contributed by atoms with Gasteiger partial charge in [-0.25, -0.2) is 0 Å². The summed E-state index contributed by atoms with van der Waals surface area (Å²) in [6.07, 6.45) is 10.3. The molecule has 1 aliphatic carbocycles. The third kappa shape index (κ3) is 6.50. The molecule has 1 N–H and O–H groups in total. The molecule has 3 nitrogen and oxygen atoms in total. The van der Waals surface area contributed by atoms with Crippen molar-refractivity contribution in [1.29, 1.82) is 0 Å². The van der Waals surface area contributed by atoms with Crippen molar-refractivity contribution in [3.05, 3.63) is 0 Å². The molecule has 0 amide bonds. The van der Waals surface area contributed by atoms with Crippen LogP contribution in [0.5, 0.6) is 0 Å². The summed E-state index contributed by atoms with van der Waals surface area (Å²) in [5.74, 6) is 0. The van der Waals surface area contributed by atoms with Gasteiger partial charge in [0.15, 0.2) is 0 Å². The fourth-order valence-corrected chi connectivity index (χ4v) is 2.08. The average molecular weight is 213 g/mol. The SMILES string of the molecule is C1CCNCC1.O=COC1CCCCC1. The van der Waals surface area contributed by atoms with Crippen LogP contribution in [0.2, 0.25) is 0 Å². The third-order valence-corrected chi connectivity index (χ3v) is 3.01. The number of nitrogens with one attached hydrogen (secondary N) is 1. The Labute approximate surface area is 92.6 Å². The summed E-state index contributed by atoms with van der Waals surface area (Å²) < 4.78 is 4.80. The van der Waals surface area contributed by atoms with Crippen LogP contribution in [0.4, 0.5) is 0 Å². The van der Waals surface area contributed by atoms with Gasteiger partial charge in [0, 0.05) is 0 Å². The summed E-state index contributed by atoms with van der Waals surface area (Å²) in [5.41, 5.74) is 0. The first-order chi connectivity index (χ1) is 7.43. The lowest BCUT2D eigenvalue weighted by atomic mass is 9.98. The molecule has 1 saturated heterocycles. The molecular formula is C12H23NO2. The van der Waals surface area contributed by atoms with E-state index in [2.05, 4.69) is 5.32 Å². The zero-order valence-corrected chi connectivity index (χ0v) is 9.54. The largest absolute Gasteiger partial charge is 0.465 e. The summed E-state index contributed by atoms with van der Waals surface area (Å²) in [4.78, 5) is 9.85. The van der Waals surface area contributed by atoms with Gasteiger partial charge in [0.2, 0.25) is 0 Å². The van der Waals surface area contributed by atoms with Crippen molar-refractivity contribution in [1.82, 2.24) is 5.32 Å². The Balaban J connectivity index is 0.000000162. The Morgan fingerprint density at radius 1 is 0.933 bits per heavy atom. The molecule has 0 radical (unpaired) electrons. The molecule has 15 heavy (non-hydrogen) atoms. The van der Waals surface area contributed by atoms with E-state index in [4.69, 9.17) is 4.74 Å². The quantitative estimate of drug-likeness (QED) is 0.715. The lowest BCUT2D eigenvalue weighted by Crippen LogP contribution is -2.21. The molecule has 0 unspecified atom stereocenters. The minimum Gasteiger partial charge on any atom is -0.465 e. The molecule has 0 aromatic rings. The number of ether oxygens (including phenoxy) is 1. The molecule has 0 aromatic carbocycles. The second-order valence-electron chi connectivity index (χ2n) is 4.30. The van der Waals surface area contributed by atoms with Crippen LogP contribution in [0.3, 0.4) is 0 Å². The number of hydrogen-bond acceptors (Lipinski definition) is 3. The van der Waals surface area contributed by atoms with Crippen LogP contribution in [-0.2, 0) is 9.53 Å². The van der Waals surface area contributed by atoms with E-state index in [0.29, 0.717) is 6.47 Å². The number of hydrogen-bond donors (Lipinski definition) is 1. The molecule has 3 heteroatoms. The summed E-state index contributed by atoms with van der Waals surface area (Å²) in [7, 11) is 0. The van der Waals surface area contributed by atoms with E-state index in [1.54, 1.807) is 0 Å². The molecule has 0 spiro atoms. The zero-order valence-electron chi connectivity index (χ0n) is 9.54. The molecular weight excluding hydrogens is 190 g/mol. The predicted molar refractivity (Wildman–Crippen MR) is 60.7 cm³/mol. The minimum atomic E-state index is 0.233. The Kier molecular flexibility index (Phi) is 7.26. The fraction of sp³-hybridized carbons (Fsp3) is 0.917. The highest BCUT2D eigenvalue weighted by Crippen LogP contribution is 2.19. The van der Waals surface area contributed by atoms with Crippen LogP contribution in [0.1, 0.15) is 51.4 Å². The van der Waals surface area contributed by atoms with Crippen LogP contribution in [0, 0.1) is 0 Å². The topological polar surface area (TPSA) is 38.3 Å². The Bertz CT molecular complexity index is 140. The highest BCUT2D eigenvalue weighted by molar-refractivity contribution is 5.37. The lowest BCUT2D eigenvalue weighted by molar-refractivity contribution is -0.134.